The highest BCUT2D eigenvalue weighted by atomic mass is 16.5. The first-order valence-corrected chi connectivity index (χ1v) is 6.01. The number of aryl methyl sites for hydroxylation is 2. The van der Waals surface area contributed by atoms with Crippen molar-refractivity contribution in [1.29, 1.82) is 0 Å². The highest BCUT2D eigenvalue weighted by molar-refractivity contribution is 5.89. The molecule has 0 saturated heterocycles. The molecule has 0 unspecified atom stereocenters. The third-order valence-corrected chi connectivity index (χ3v) is 2.26. The van der Waals surface area contributed by atoms with Gasteiger partial charge in [0, 0.05) is 6.54 Å². The number of anilines is 1. The summed E-state index contributed by atoms with van der Waals surface area (Å²) in [5.41, 5.74) is 6.95. The van der Waals surface area contributed by atoms with E-state index in [0.29, 0.717) is 13.2 Å². The number of hydrogen-bond acceptors (Lipinski definition) is 6. The number of nitrogens with one attached hydrogen (secondary N) is 1. The Morgan fingerprint density at radius 1 is 1.28 bits per heavy atom. The third-order valence-electron chi connectivity index (χ3n) is 2.26. The van der Waals surface area contributed by atoms with E-state index in [2.05, 4.69) is 20.5 Å². The number of nitrogens with zero attached hydrogens (tertiary/aromatic N) is 3. The summed E-state index contributed by atoms with van der Waals surface area (Å²) in [4.78, 5) is 15.7. The van der Waals surface area contributed by atoms with Crippen molar-refractivity contribution < 1.29 is 9.53 Å². The molecule has 1 aromatic rings. The Labute approximate surface area is 106 Å². The van der Waals surface area contributed by atoms with Crippen LogP contribution in [0, 0.1) is 0 Å². The van der Waals surface area contributed by atoms with Crippen molar-refractivity contribution in [1.82, 2.24) is 15.2 Å². The fourth-order valence-corrected chi connectivity index (χ4v) is 1.40. The van der Waals surface area contributed by atoms with E-state index in [1.807, 2.05) is 13.8 Å². The third kappa shape index (κ3) is 4.34. The van der Waals surface area contributed by atoms with Gasteiger partial charge in [0.15, 0.2) is 0 Å². The van der Waals surface area contributed by atoms with Gasteiger partial charge in [-0.05, 0) is 12.8 Å². The van der Waals surface area contributed by atoms with Gasteiger partial charge in [-0.2, -0.15) is 0 Å². The average molecular weight is 253 g/mol. The predicted octanol–water partition coefficient (Wildman–Crippen LogP) is -0.0898. The maximum Gasteiger partial charge on any atom is 0.252 e. The summed E-state index contributed by atoms with van der Waals surface area (Å²) in [7, 11) is 0. The van der Waals surface area contributed by atoms with Crippen molar-refractivity contribution >= 4 is 11.9 Å². The van der Waals surface area contributed by atoms with E-state index in [9.17, 15) is 4.79 Å². The van der Waals surface area contributed by atoms with Crippen LogP contribution in [0.5, 0.6) is 0 Å². The number of amides is 1. The van der Waals surface area contributed by atoms with Crippen molar-refractivity contribution in [2.45, 2.75) is 26.7 Å². The van der Waals surface area contributed by atoms with Crippen molar-refractivity contribution in [2.75, 3.05) is 25.1 Å². The molecule has 1 heterocycles. The molecule has 1 amide bonds. The predicted molar refractivity (Wildman–Crippen MR) is 67.1 cm³/mol. The molecular weight excluding hydrogens is 234 g/mol. The number of carbonyl (C=O) groups excluding carboxylic acids is 1. The summed E-state index contributed by atoms with van der Waals surface area (Å²) in [6.07, 6.45) is 1.53. The summed E-state index contributed by atoms with van der Waals surface area (Å²) >= 11 is 0. The first-order valence-electron chi connectivity index (χ1n) is 6.01. The lowest BCUT2D eigenvalue weighted by atomic mass is 10.2. The van der Waals surface area contributed by atoms with Crippen LogP contribution in [0.15, 0.2) is 0 Å². The number of carbonyl (C=O) groups is 1. The van der Waals surface area contributed by atoms with Crippen LogP contribution in [0.2, 0.25) is 0 Å². The van der Waals surface area contributed by atoms with Crippen LogP contribution in [-0.2, 0) is 22.4 Å². The van der Waals surface area contributed by atoms with Crippen LogP contribution in [0.25, 0.3) is 0 Å². The first kappa shape index (κ1) is 14.5. The number of ether oxygens (including phenoxy) is 1. The van der Waals surface area contributed by atoms with Gasteiger partial charge in [-0.15, -0.1) is 10.2 Å². The van der Waals surface area contributed by atoms with Gasteiger partial charge in [-0.1, -0.05) is 13.8 Å². The van der Waals surface area contributed by atoms with Gasteiger partial charge in [0.25, 0.3) is 5.91 Å². The fourth-order valence-electron chi connectivity index (χ4n) is 1.40. The zero-order chi connectivity index (χ0) is 13.4. The summed E-state index contributed by atoms with van der Waals surface area (Å²) in [6, 6.07) is 0. The Morgan fingerprint density at radius 3 is 2.61 bits per heavy atom. The quantitative estimate of drug-likeness (QED) is 0.658. The monoisotopic (exact) mass is 253 g/mol. The van der Waals surface area contributed by atoms with Gasteiger partial charge < -0.3 is 10.5 Å². The number of nitrogens with two attached hydrogens (primary N) is 1. The Kier molecular flexibility index (Phi) is 6.16. The first-order chi connectivity index (χ1) is 8.71. The molecule has 18 heavy (non-hydrogen) atoms. The van der Waals surface area contributed by atoms with E-state index in [-0.39, 0.29) is 18.5 Å². The Morgan fingerprint density at radius 2 is 2.00 bits per heavy atom. The lowest BCUT2D eigenvalue weighted by molar-refractivity contribution is -0.120. The maximum atomic E-state index is 11.5. The molecule has 0 aliphatic carbocycles. The van der Waals surface area contributed by atoms with Gasteiger partial charge in [-0.25, -0.2) is 4.98 Å². The van der Waals surface area contributed by atoms with Gasteiger partial charge >= 0.3 is 0 Å². The van der Waals surface area contributed by atoms with Crippen LogP contribution in [0.3, 0.4) is 0 Å². The molecule has 0 aliphatic rings. The lowest BCUT2D eigenvalue weighted by Crippen LogP contribution is -2.22. The molecule has 1 aromatic heterocycles. The van der Waals surface area contributed by atoms with Crippen LogP contribution in [-0.4, -0.2) is 40.8 Å². The summed E-state index contributed by atoms with van der Waals surface area (Å²) < 4.78 is 5.01. The number of aromatic nitrogens is 3. The molecule has 0 bridgehead atoms. The van der Waals surface area contributed by atoms with Gasteiger partial charge in [0.05, 0.1) is 18.0 Å². The molecule has 0 spiro atoms. The van der Waals surface area contributed by atoms with E-state index in [0.717, 1.165) is 24.2 Å². The minimum absolute atomic E-state index is 0.0580. The van der Waals surface area contributed by atoms with E-state index in [1.165, 1.54) is 0 Å². The molecule has 1 rings (SSSR count). The molecular formula is C11H19N5O2. The average Bonchev–Trinajstić information content (AvgIpc) is 2.39. The Bertz CT molecular complexity index is 397. The fraction of sp³-hybridized carbons (Fsp3) is 0.636. The topological polar surface area (TPSA) is 103 Å². The van der Waals surface area contributed by atoms with Crippen LogP contribution < -0.4 is 11.1 Å². The van der Waals surface area contributed by atoms with Crippen LogP contribution in [0.1, 0.15) is 25.2 Å². The molecule has 0 fully saturated rings. The molecule has 7 nitrogen and oxygen atoms in total. The highest BCUT2D eigenvalue weighted by Crippen LogP contribution is 2.06. The second kappa shape index (κ2) is 7.67. The van der Waals surface area contributed by atoms with Crippen molar-refractivity contribution in [2.24, 2.45) is 5.73 Å². The SMILES string of the molecule is CCc1nnc(NC(=O)COCCN)nc1CC. The molecule has 0 aliphatic heterocycles. The normalized spacial score (nSPS) is 10.4. The molecule has 3 N–H and O–H groups in total. The van der Waals surface area contributed by atoms with Crippen LogP contribution >= 0.6 is 0 Å². The minimum atomic E-state index is -0.309. The number of hydrogen-bond donors (Lipinski definition) is 2. The van der Waals surface area contributed by atoms with E-state index in [4.69, 9.17) is 10.5 Å². The van der Waals surface area contributed by atoms with Gasteiger partial charge in [-0.3, -0.25) is 10.1 Å². The molecule has 7 heteroatoms. The zero-order valence-electron chi connectivity index (χ0n) is 10.8. The smallest absolute Gasteiger partial charge is 0.252 e. The Balaban J connectivity index is 2.59. The summed E-state index contributed by atoms with van der Waals surface area (Å²) in [5, 5.41) is 10.4. The minimum Gasteiger partial charge on any atom is -0.370 e. The van der Waals surface area contributed by atoms with Crippen molar-refractivity contribution in [3.63, 3.8) is 0 Å². The largest absolute Gasteiger partial charge is 0.370 e. The van der Waals surface area contributed by atoms with Crippen LogP contribution in [0.4, 0.5) is 5.95 Å². The summed E-state index contributed by atoms with van der Waals surface area (Å²) in [5.74, 6) is -0.0954. The number of rotatable bonds is 7. The standard InChI is InChI=1S/C11H19N5O2/c1-3-8-9(4-2)15-16-11(13-8)14-10(17)7-18-6-5-12/h3-7,12H2,1-2H3,(H,13,14,16,17). The summed E-state index contributed by atoms with van der Waals surface area (Å²) in [6.45, 7) is 4.65. The highest BCUT2D eigenvalue weighted by Gasteiger charge is 2.09. The second-order valence-corrected chi connectivity index (χ2v) is 3.63. The molecule has 0 saturated carbocycles. The van der Waals surface area contributed by atoms with E-state index < -0.39 is 0 Å². The second-order valence-electron chi connectivity index (χ2n) is 3.63. The van der Waals surface area contributed by atoms with Crippen molar-refractivity contribution in [3.8, 4) is 0 Å². The van der Waals surface area contributed by atoms with E-state index in [1.54, 1.807) is 0 Å². The Hall–Kier alpha value is -1.60. The van der Waals surface area contributed by atoms with E-state index >= 15 is 0 Å². The lowest BCUT2D eigenvalue weighted by Gasteiger charge is -2.07. The maximum absolute atomic E-state index is 11.5. The van der Waals surface area contributed by atoms with Crippen molar-refractivity contribution in [3.05, 3.63) is 11.4 Å². The molecule has 100 valence electrons. The van der Waals surface area contributed by atoms with Gasteiger partial charge in [0.1, 0.15) is 6.61 Å². The molecule has 0 radical (unpaired) electrons. The molecule has 0 atom stereocenters. The molecule has 0 aromatic carbocycles. The van der Waals surface area contributed by atoms with Gasteiger partial charge in [0.2, 0.25) is 5.95 Å². The zero-order valence-corrected chi connectivity index (χ0v) is 10.8.